The highest BCUT2D eigenvalue weighted by molar-refractivity contribution is 6.09. The van der Waals surface area contributed by atoms with E-state index < -0.39 is 0 Å². The molecule has 0 aliphatic heterocycles. The molecule has 8 aromatic carbocycles. The predicted molar refractivity (Wildman–Crippen MR) is 235 cm³/mol. The minimum atomic E-state index is -0.158. The number of hydrogen-bond acceptors (Lipinski definition) is 4. The van der Waals surface area contributed by atoms with Crippen molar-refractivity contribution in [2.24, 2.45) is 0 Å². The number of anilines is 3. The fourth-order valence-electron chi connectivity index (χ4n) is 8.96. The summed E-state index contributed by atoms with van der Waals surface area (Å²) in [6.45, 7) is 4.67. The van der Waals surface area contributed by atoms with Crippen molar-refractivity contribution in [3.8, 4) is 44.9 Å². The van der Waals surface area contributed by atoms with Crippen LogP contribution in [0.1, 0.15) is 25.0 Å². The first-order chi connectivity index (χ1) is 28.0. The molecule has 0 N–H and O–H groups in total. The Kier molecular flexibility index (Phi) is 7.48. The molecular formula is C53H37N3O. The molecule has 2 heterocycles. The minimum Gasteiger partial charge on any atom is -0.455 e. The third-order valence-electron chi connectivity index (χ3n) is 11.7. The molecule has 0 bridgehead atoms. The fourth-order valence-corrected chi connectivity index (χ4v) is 8.96. The third-order valence-corrected chi connectivity index (χ3v) is 11.7. The Morgan fingerprint density at radius 2 is 1.09 bits per heavy atom. The van der Waals surface area contributed by atoms with E-state index in [2.05, 4.69) is 183 Å². The molecule has 1 aliphatic rings. The van der Waals surface area contributed by atoms with Gasteiger partial charge in [0.05, 0.1) is 22.6 Å². The smallest absolute Gasteiger partial charge is 0.162 e. The van der Waals surface area contributed by atoms with Crippen LogP contribution in [0.15, 0.2) is 192 Å². The highest BCUT2D eigenvalue weighted by Gasteiger charge is 2.38. The number of aromatic nitrogens is 2. The van der Waals surface area contributed by atoms with Crippen molar-refractivity contribution in [2.75, 3.05) is 4.90 Å². The Morgan fingerprint density at radius 3 is 1.95 bits per heavy atom. The van der Waals surface area contributed by atoms with Crippen molar-refractivity contribution in [2.45, 2.75) is 19.3 Å². The van der Waals surface area contributed by atoms with Crippen molar-refractivity contribution in [1.82, 2.24) is 9.97 Å². The Labute approximate surface area is 331 Å². The number of fused-ring (bicyclic) bond motifs is 7. The van der Waals surface area contributed by atoms with Crippen molar-refractivity contribution in [1.29, 1.82) is 0 Å². The van der Waals surface area contributed by atoms with E-state index in [0.29, 0.717) is 5.82 Å². The normalized spacial score (nSPS) is 12.9. The molecule has 2 aromatic heterocycles. The first kappa shape index (κ1) is 33.1. The average molecular weight is 732 g/mol. The van der Waals surface area contributed by atoms with E-state index in [9.17, 15) is 0 Å². The summed E-state index contributed by atoms with van der Waals surface area (Å²) in [5, 5.41) is 3.27. The number of hydrogen-bond donors (Lipinski definition) is 0. The summed E-state index contributed by atoms with van der Waals surface area (Å²) in [7, 11) is 0. The predicted octanol–water partition coefficient (Wildman–Crippen LogP) is 14.3. The highest BCUT2D eigenvalue weighted by Crippen LogP contribution is 2.55. The first-order valence-corrected chi connectivity index (χ1v) is 19.5. The number of benzene rings is 8. The molecule has 0 amide bonds. The van der Waals surface area contributed by atoms with Gasteiger partial charge in [-0.1, -0.05) is 159 Å². The molecule has 0 radical (unpaired) electrons. The average Bonchev–Trinajstić information content (AvgIpc) is 3.76. The maximum atomic E-state index is 6.47. The molecule has 0 atom stereocenters. The molecule has 10 aromatic rings. The van der Waals surface area contributed by atoms with Gasteiger partial charge in [-0.15, -0.1) is 0 Å². The molecule has 0 saturated heterocycles. The molecule has 4 nitrogen and oxygen atoms in total. The molecule has 1 aliphatic carbocycles. The van der Waals surface area contributed by atoms with Crippen LogP contribution in [0.4, 0.5) is 17.1 Å². The van der Waals surface area contributed by atoms with E-state index in [-0.39, 0.29) is 5.41 Å². The molecule has 0 spiro atoms. The highest BCUT2D eigenvalue weighted by atomic mass is 16.3. The van der Waals surface area contributed by atoms with Crippen LogP contribution in [-0.2, 0) is 5.41 Å². The zero-order valence-corrected chi connectivity index (χ0v) is 31.6. The standard InChI is InChI=1S/C53H37N3O/c1-53(2)43-24-10-6-19-40(43)49-44(53)25-15-28-47(49)56(36-32-30-34(31-33-36)37-22-14-23-39-38-18-9-13-29-48(38)57-51(37)39)46-27-12-8-21-42(46)52-54-45-26-11-7-20-41(45)50(55-52)35-16-4-3-5-17-35/h3-33H,1-2H3. The van der Waals surface area contributed by atoms with Crippen LogP contribution >= 0.6 is 0 Å². The van der Waals surface area contributed by atoms with Crippen molar-refractivity contribution in [3.63, 3.8) is 0 Å². The zero-order valence-electron chi connectivity index (χ0n) is 31.6. The maximum absolute atomic E-state index is 6.47. The second kappa shape index (κ2) is 12.9. The SMILES string of the molecule is CC1(C)c2ccccc2-c2c(N(c3ccc(-c4cccc5c4oc4ccccc45)cc3)c3ccccc3-c3nc(-c4ccccc4)c4ccccc4n3)cccc21. The molecule has 0 unspecified atom stereocenters. The second-order valence-corrected chi connectivity index (χ2v) is 15.3. The van der Waals surface area contributed by atoms with Gasteiger partial charge >= 0.3 is 0 Å². The Morgan fingerprint density at radius 1 is 0.456 bits per heavy atom. The van der Waals surface area contributed by atoms with Gasteiger partial charge in [-0.25, -0.2) is 9.97 Å². The van der Waals surface area contributed by atoms with Crippen molar-refractivity contribution >= 4 is 49.9 Å². The number of rotatable bonds is 6. The quantitative estimate of drug-likeness (QED) is 0.171. The zero-order chi connectivity index (χ0) is 38.1. The third kappa shape index (κ3) is 5.22. The molecule has 270 valence electrons. The van der Waals surface area contributed by atoms with Crippen LogP contribution in [0, 0.1) is 0 Å². The van der Waals surface area contributed by atoms with Gasteiger partial charge in [-0.3, -0.25) is 0 Å². The molecular weight excluding hydrogens is 695 g/mol. The number of nitrogens with zero attached hydrogens (tertiary/aromatic N) is 3. The molecule has 4 heteroatoms. The molecule has 11 rings (SSSR count). The van der Waals surface area contributed by atoms with Crippen LogP contribution in [0.2, 0.25) is 0 Å². The fraction of sp³-hybridized carbons (Fsp3) is 0.0566. The Hall–Kier alpha value is -7.30. The summed E-state index contributed by atoms with van der Waals surface area (Å²) in [6, 6.07) is 66.4. The van der Waals surface area contributed by atoms with Crippen molar-refractivity contribution < 1.29 is 4.42 Å². The lowest BCUT2D eigenvalue weighted by atomic mass is 9.82. The Balaban J connectivity index is 1.14. The van der Waals surface area contributed by atoms with Crippen molar-refractivity contribution in [3.05, 3.63) is 199 Å². The summed E-state index contributed by atoms with van der Waals surface area (Å²) in [5.74, 6) is 0.676. The van der Waals surface area contributed by atoms with Crippen LogP contribution < -0.4 is 4.90 Å². The van der Waals surface area contributed by atoms with Gasteiger partial charge in [0, 0.05) is 49.5 Å². The van der Waals surface area contributed by atoms with E-state index in [0.717, 1.165) is 77.9 Å². The van der Waals surface area contributed by atoms with Gasteiger partial charge in [0.15, 0.2) is 5.82 Å². The lowest BCUT2D eigenvalue weighted by Crippen LogP contribution is -2.16. The van der Waals surface area contributed by atoms with Gasteiger partial charge in [0.25, 0.3) is 0 Å². The lowest BCUT2D eigenvalue weighted by Gasteiger charge is -2.30. The summed E-state index contributed by atoms with van der Waals surface area (Å²) in [6.07, 6.45) is 0. The summed E-state index contributed by atoms with van der Waals surface area (Å²) < 4.78 is 6.47. The summed E-state index contributed by atoms with van der Waals surface area (Å²) >= 11 is 0. The second-order valence-electron chi connectivity index (χ2n) is 15.3. The van der Waals surface area contributed by atoms with E-state index in [1.54, 1.807) is 0 Å². The van der Waals surface area contributed by atoms with Crippen LogP contribution in [0.3, 0.4) is 0 Å². The van der Waals surface area contributed by atoms with Gasteiger partial charge in [0.2, 0.25) is 0 Å². The van der Waals surface area contributed by atoms with E-state index in [4.69, 9.17) is 14.4 Å². The molecule has 0 saturated carbocycles. The topological polar surface area (TPSA) is 42.2 Å². The van der Waals surface area contributed by atoms with Gasteiger partial charge in [0.1, 0.15) is 11.2 Å². The van der Waals surface area contributed by atoms with Gasteiger partial charge in [-0.05, 0) is 64.7 Å². The van der Waals surface area contributed by atoms with E-state index in [1.165, 1.54) is 22.3 Å². The maximum Gasteiger partial charge on any atom is 0.162 e. The van der Waals surface area contributed by atoms with Gasteiger partial charge < -0.3 is 9.32 Å². The lowest BCUT2D eigenvalue weighted by molar-refractivity contribution is 0.660. The van der Waals surface area contributed by atoms with Crippen LogP contribution in [-0.4, -0.2) is 9.97 Å². The van der Waals surface area contributed by atoms with E-state index >= 15 is 0 Å². The first-order valence-electron chi connectivity index (χ1n) is 19.5. The monoisotopic (exact) mass is 731 g/mol. The molecule has 0 fully saturated rings. The number of para-hydroxylation sites is 4. The summed E-state index contributed by atoms with van der Waals surface area (Å²) in [4.78, 5) is 13.0. The minimum absolute atomic E-state index is 0.158. The van der Waals surface area contributed by atoms with Gasteiger partial charge in [-0.2, -0.15) is 0 Å². The Bertz CT molecular complexity index is 3160. The molecule has 57 heavy (non-hydrogen) atoms. The largest absolute Gasteiger partial charge is 0.455 e. The van der Waals surface area contributed by atoms with Crippen LogP contribution in [0.5, 0.6) is 0 Å². The number of furan rings is 1. The van der Waals surface area contributed by atoms with Crippen LogP contribution in [0.25, 0.3) is 77.7 Å². The van der Waals surface area contributed by atoms with E-state index in [1.807, 2.05) is 24.3 Å². The summed E-state index contributed by atoms with van der Waals surface area (Å²) in [5.41, 5.74) is 15.9.